The molecule has 1 unspecified atom stereocenters. The Morgan fingerprint density at radius 1 is 1.29 bits per heavy atom. The molecule has 0 spiro atoms. The van der Waals surface area contributed by atoms with Crippen molar-refractivity contribution in [2.45, 2.75) is 37.8 Å². The second-order valence-electron chi connectivity index (χ2n) is 4.76. The predicted octanol–water partition coefficient (Wildman–Crippen LogP) is 3.03. The van der Waals surface area contributed by atoms with Crippen molar-refractivity contribution in [1.82, 2.24) is 0 Å². The van der Waals surface area contributed by atoms with E-state index < -0.39 is 0 Å². The molecular formula is C13H17ClFNO. The Kier molecular flexibility index (Phi) is 4.02. The monoisotopic (exact) mass is 257 g/mol. The van der Waals surface area contributed by atoms with Crippen LogP contribution in [0, 0.1) is 11.7 Å². The highest BCUT2D eigenvalue weighted by molar-refractivity contribution is 6.30. The maximum absolute atomic E-state index is 13.7. The Hall–Kier alpha value is -0.640. The van der Waals surface area contributed by atoms with Crippen molar-refractivity contribution in [3.8, 4) is 0 Å². The van der Waals surface area contributed by atoms with Crippen molar-refractivity contribution >= 4 is 11.6 Å². The maximum atomic E-state index is 13.7. The molecule has 2 nitrogen and oxygen atoms in total. The highest BCUT2D eigenvalue weighted by atomic mass is 35.5. The van der Waals surface area contributed by atoms with E-state index >= 15 is 0 Å². The van der Waals surface area contributed by atoms with Crippen LogP contribution in [-0.2, 0) is 0 Å². The lowest BCUT2D eigenvalue weighted by atomic mass is 9.80. The first kappa shape index (κ1) is 12.8. The summed E-state index contributed by atoms with van der Waals surface area (Å²) in [4.78, 5) is 0. The minimum absolute atomic E-state index is 0.220. The Balaban J connectivity index is 2.13. The fourth-order valence-electron chi connectivity index (χ4n) is 2.48. The van der Waals surface area contributed by atoms with Gasteiger partial charge in [-0.05, 0) is 49.8 Å². The lowest BCUT2D eigenvalue weighted by molar-refractivity contribution is 0.101. The van der Waals surface area contributed by atoms with Crippen LogP contribution >= 0.6 is 11.6 Å². The van der Waals surface area contributed by atoms with Gasteiger partial charge in [-0.25, -0.2) is 4.39 Å². The van der Waals surface area contributed by atoms with E-state index in [-0.39, 0.29) is 23.9 Å². The zero-order valence-corrected chi connectivity index (χ0v) is 10.3. The Morgan fingerprint density at radius 2 is 1.94 bits per heavy atom. The SMILES string of the molecule is NC(c1cc(Cl)ccc1F)C1CCC(O)CC1. The van der Waals surface area contributed by atoms with E-state index in [1.165, 1.54) is 12.1 Å². The first-order valence-electron chi connectivity index (χ1n) is 5.96. The molecule has 0 aliphatic heterocycles. The molecule has 94 valence electrons. The molecule has 2 rings (SSSR count). The van der Waals surface area contributed by atoms with Crippen molar-refractivity contribution in [3.05, 3.63) is 34.6 Å². The molecule has 1 aliphatic rings. The van der Waals surface area contributed by atoms with Gasteiger partial charge >= 0.3 is 0 Å². The molecule has 1 saturated carbocycles. The first-order chi connectivity index (χ1) is 8.08. The minimum atomic E-state index is -0.332. The summed E-state index contributed by atoms with van der Waals surface area (Å²) in [7, 11) is 0. The van der Waals surface area contributed by atoms with Gasteiger partial charge in [0.15, 0.2) is 0 Å². The van der Waals surface area contributed by atoms with Crippen LogP contribution in [0.25, 0.3) is 0 Å². The van der Waals surface area contributed by atoms with Crippen LogP contribution in [0.5, 0.6) is 0 Å². The van der Waals surface area contributed by atoms with Crippen molar-refractivity contribution in [2.24, 2.45) is 11.7 Å². The lowest BCUT2D eigenvalue weighted by Gasteiger charge is -2.30. The van der Waals surface area contributed by atoms with Gasteiger partial charge in [-0.15, -0.1) is 0 Å². The van der Waals surface area contributed by atoms with Crippen LogP contribution in [-0.4, -0.2) is 11.2 Å². The van der Waals surface area contributed by atoms with E-state index in [2.05, 4.69) is 0 Å². The topological polar surface area (TPSA) is 46.2 Å². The fraction of sp³-hybridized carbons (Fsp3) is 0.538. The standard InChI is InChI=1S/C13H17ClFNO/c14-9-3-6-12(15)11(7-9)13(16)8-1-4-10(17)5-2-8/h3,6-8,10,13,17H,1-2,4-5,16H2. The third-order valence-corrected chi connectivity index (χ3v) is 3.80. The van der Waals surface area contributed by atoms with Crippen molar-refractivity contribution < 1.29 is 9.50 Å². The average molecular weight is 258 g/mol. The largest absolute Gasteiger partial charge is 0.393 e. The summed E-state index contributed by atoms with van der Waals surface area (Å²) in [6.07, 6.45) is 2.96. The van der Waals surface area contributed by atoms with Gasteiger partial charge < -0.3 is 10.8 Å². The lowest BCUT2D eigenvalue weighted by Crippen LogP contribution is -2.28. The second-order valence-corrected chi connectivity index (χ2v) is 5.20. The fourth-order valence-corrected chi connectivity index (χ4v) is 2.67. The number of nitrogens with two attached hydrogens (primary N) is 1. The summed E-state index contributed by atoms with van der Waals surface area (Å²) in [6.45, 7) is 0. The molecule has 1 fully saturated rings. The molecule has 3 N–H and O–H groups in total. The average Bonchev–Trinajstić information content (AvgIpc) is 2.32. The maximum Gasteiger partial charge on any atom is 0.128 e. The van der Waals surface area contributed by atoms with Gasteiger partial charge in [-0.3, -0.25) is 0 Å². The first-order valence-corrected chi connectivity index (χ1v) is 6.34. The van der Waals surface area contributed by atoms with Crippen LogP contribution < -0.4 is 5.73 Å². The van der Waals surface area contributed by atoms with E-state index in [0.717, 1.165) is 25.7 Å². The third-order valence-electron chi connectivity index (χ3n) is 3.57. The van der Waals surface area contributed by atoms with Gasteiger partial charge in [0.2, 0.25) is 0 Å². The molecule has 1 aromatic carbocycles. The molecule has 4 heteroatoms. The molecule has 0 heterocycles. The van der Waals surface area contributed by atoms with Crippen molar-refractivity contribution in [2.75, 3.05) is 0 Å². The van der Waals surface area contributed by atoms with Crippen LogP contribution in [0.15, 0.2) is 18.2 Å². The normalized spacial score (nSPS) is 26.8. The molecule has 17 heavy (non-hydrogen) atoms. The molecule has 1 aliphatic carbocycles. The number of aliphatic hydroxyl groups excluding tert-OH is 1. The molecule has 1 atom stereocenters. The molecule has 0 aromatic heterocycles. The van der Waals surface area contributed by atoms with Crippen LogP contribution in [0.2, 0.25) is 5.02 Å². The Morgan fingerprint density at radius 3 is 2.59 bits per heavy atom. The number of benzene rings is 1. The summed E-state index contributed by atoms with van der Waals surface area (Å²) in [6, 6.07) is 4.15. The Bertz CT molecular complexity index is 391. The summed E-state index contributed by atoms with van der Waals surface area (Å²) in [5.74, 6) is -0.0700. The summed E-state index contributed by atoms with van der Waals surface area (Å²) < 4.78 is 13.7. The van der Waals surface area contributed by atoms with Gasteiger partial charge in [0.25, 0.3) is 0 Å². The number of hydrogen-bond acceptors (Lipinski definition) is 2. The van der Waals surface area contributed by atoms with Crippen LogP contribution in [0.4, 0.5) is 4.39 Å². The van der Waals surface area contributed by atoms with Crippen LogP contribution in [0.3, 0.4) is 0 Å². The second kappa shape index (κ2) is 5.34. The van der Waals surface area contributed by atoms with Gasteiger partial charge in [-0.2, -0.15) is 0 Å². The zero-order chi connectivity index (χ0) is 12.4. The summed E-state index contributed by atoms with van der Waals surface area (Å²) >= 11 is 5.86. The van der Waals surface area contributed by atoms with E-state index in [1.807, 2.05) is 0 Å². The minimum Gasteiger partial charge on any atom is -0.393 e. The van der Waals surface area contributed by atoms with Gasteiger partial charge in [0.1, 0.15) is 5.82 Å². The molecule has 0 radical (unpaired) electrons. The van der Waals surface area contributed by atoms with Gasteiger partial charge in [-0.1, -0.05) is 11.6 Å². The Labute approximate surface area is 106 Å². The number of halogens is 2. The molecular weight excluding hydrogens is 241 g/mol. The van der Waals surface area contributed by atoms with Crippen LogP contribution in [0.1, 0.15) is 37.3 Å². The van der Waals surface area contributed by atoms with E-state index in [4.69, 9.17) is 17.3 Å². The number of rotatable bonds is 2. The van der Waals surface area contributed by atoms with E-state index in [9.17, 15) is 9.50 Å². The summed E-state index contributed by atoms with van der Waals surface area (Å²) in [5, 5.41) is 9.95. The van der Waals surface area contributed by atoms with Crippen molar-refractivity contribution in [1.29, 1.82) is 0 Å². The summed E-state index contributed by atoms with van der Waals surface area (Å²) in [5.41, 5.74) is 6.59. The van der Waals surface area contributed by atoms with Gasteiger partial charge in [0, 0.05) is 16.6 Å². The smallest absolute Gasteiger partial charge is 0.128 e. The molecule has 0 bridgehead atoms. The molecule has 0 saturated heterocycles. The number of hydrogen-bond donors (Lipinski definition) is 2. The zero-order valence-electron chi connectivity index (χ0n) is 9.57. The van der Waals surface area contributed by atoms with Gasteiger partial charge in [0.05, 0.1) is 6.10 Å². The highest BCUT2D eigenvalue weighted by Crippen LogP contribution is 2.34. The van der Waals surface area contributed by atoms with Crippen molar-refractivity contribution in [3.63, 3.8) is 0 Å². The highest BCUT2D eigenvalue weighted by Gasteiger charge is 2.27. The van der Waals surface area contributed by atoms with E-state index in [0.29, 0.717) is 10.6 Å². The molecule has 1 aromatic rings. The third kappa shape index (κ3) is 2.97. The quantitative estimate of drug-likeness (QED) is 0.856. The predicted molar refractivity (Wildman–Crippen MR) is 66.3 cm³/mol. The molecule has 0 amide bonds. The number of aliphatic hydroxyl groups is 1. The van der Waals surface area contributed by atoms with E-state index in [1.54, 1.807) is 6.07 Å².